The van der Waals surface area contributed by atoms with Crippen molar-refractivity contribution in [1.29, 1.82) is 5.41 Å². The van der Waals surface area contributed by atoms with Crippen molar-refractivity contribution in [3.63, 3.8) is 0 Å². The number of carboxylic acids is 3. The molecule has 63 heavy (non-hydrogen) atoms. The summed E-state index contributed by atoms with van der Waals surface area (Å²) in [4.78, 5) is 83.7. The first-order valence-electron chi connectivity index (χ1n) is 21.7. The van der Waals surface area contributed by atoms with Crippen molar-refractivity contribution < 1.29 is 44.1 Å². The molecule has 0 bridgehead atoms. The minimum Gasteiger partial charge on any atom is -0.480 e. The largest absolute Gasteiger partial charge is 0.480 e. The molecule has 2 aromatic carbocycles. The van der Waals surface area contributed by atoms with Crippen LogP contribution in [0.3, 0.4) is 0 Å². The summed E-state index contributed by atoms with van der Waals surface area (Å²) in [6, 6.07) is 15.4. The Morgan fingerprint density at radius 1 is 0.587 bits per heavy atom. The van der Waals surface area contributed by atoms with Crippen molar-refractivity contribution in [2.24, 2.45) is 11.7 Å². The summed E-state index contributed by atoms with van der Waals surface area (Å²) in [5.74, 6) is -4.29. The van der Waals surface area contributed by atoms with E-state index in [1.165, 1.54) is 0 Å². The Morgan fingerprint density at radius 2 is 1.06 bits per heavy atom. The zero-order valence-electron chi connectivity index (χ0n) is 36.7. The quantitative estimate of drug-likeness (QED) is 0.0396. The van der Waals surface area contributed by atoms with Crippen LogP contribution >= 0.6 is 0 Å². The first kappa shape index (κ1) is 51.7. The van der Waals surface area contributed by atoms with Crippen LogP contribution in [0.4, 0.5) is 0 Å². The highest BCUT2D eigenvalue weighted by atomic mass is 16.4. The molecule has 348 valence electrons. The molecule has 0 unspecified atom stereocenters. The topological polar surface area (TPSA) is 274 Å². The SMILES string of the molecule is CC(C)CCCNC(=O)[C@@H](CCCCNC(=N)N)NC(=O)[C@@H](Cc1ccc(-c2ccccc2)cc1)NC(=O)CN1CCN(CC(=O)O)CCN(CC(=O)O)CCN(CC(=O)O)CC1. The molecule has 1 heterocycles. The molecule has 0 spiro atoms. The highest BCUT2D eigenvalue weighted by molar-refractivity contribution is 5.92. The summed E-state index contributed by atoms with van der Waals surface area (Å²) < 4.78 is 0. The minimum absolute atomic E-state index is 0.101. The molecule has 3 rings (SSSR count). The summed E-state index contributed by atoms with van der Waals surface area (Å²) in [6.07, 6.45) is 3.21. The second-order valence-corrected chi connectivity index (χ2v) is 16.4. The number of amides is 3. The standard InChI is InChI=1S/C44H68N10O9/c1-32(2)9-8-18-47-42(62)36(12-6-7-17-48-44(45)46)50-43(63)37(27-33-13-15-35(16-14-33)34-10-4-3-5-11-34)49-38(55)28-51-19-21-52(29-39(56)57)23-25-54(31-41(60)61)26-24-53(22-20-51)30-40(58)59/h3-5,10-11,13-16,32,36-37H,6-9,12,17-31H2,1-2H3,(H,47,62)(H,49,55)(H,50,63)(H,56,57)(H,58,59)(H,60,61)(H4,45,46,48)/t36-,37-/m1/s1. The summed E-state index contributed by atoms with van der Waals surface area (Å²) in [6.45, 7) is 5.74. The monoisotopic (exact) mass is 881 g/mol. The number of hydrogen-bond acceptors (Lipinski definition) is 11. The Hall–Kier alpha value is -5.63. The van der Waals surface area contributed by atoms with Gasteiger partial charge in [-0.3, -0.25) is 53.8 Å². The van der Waals surface area contributed by atoms with E-state index in [-0.39, 0.29) is 96.8 Å². The molecule has 2 aromatic rings. The Morgan fingerprint density at radius 3 is 1.54 bits per heavy atom. The molecule has 0 aliphatic carbocycles. The number of carboxylic acid groups (broad SMARTS) is 3. The Balaban J connectivity index is 1.86. The first-order chi connectivity index (χ1) is 30.1. The maximum atomic E-state index is 14.3. The number of nitrogens with one attached hydrogen (secondary N) is 5. The Bertz CT molecular complexity index is 1730. The Labute approximate surface area is 370 Å². The molecule has 10 N–H and O–H groups in total. The van der Waals surface area contributed by atoms with Crippen molar-refractivity contribution in [3.8, 4) is 11.1 Å². The van der Waals surface area contributed by atoms with Gasteiger partial charge in [0.25, 0.3) is 0 Å². The molecule has 1 fully saturated rings. The van der Waals surface area contributed by atoms with Crippen LogP contribution in [0.1, 0.15) is 51.5 Å². The highest BCUT2D eigenvalue weighted by Gasteiger charge is 2.28. The van der Waals surface area contributed by atoms with Gasteiger partial charge in [-0.05, 0) is 54.7 Å². The lowest BCUT2D eigenvalue weighted by Crippen LogP contribution is -2.56. The third-order valence-electron chi connectivity index (χ3n) is 10.7. The van der Waals surface area contributed by atoms with Crippen LogP contribution in [-0.2, 0) is 35.2 Å². The van der Waals surface area contributed by atoms with Gasteiger partial charge in [0, 0.05) is 71.9 Å². The van der Waals surface area contributed by atoms with E-state index in [0.29, 0.717) is 38.3 Å². The summed E-state index contributed by atoms with van der Waals surface area (Å²) in [7, 11) is 0. The van der Waals surface area contributed by atoms with Crippen LogP contribution in [0.5, 0.6) is 0 Å². The van der Waals surface area contributed by atoms with Gasteiger partial charge >= 0.3 is 17.9 Å². The molecule has 2 atom stereocenters. The molecule has 19 nitrogen and oxygen atoms in total. The van der Waals surface area contributed by atoms with Crippen LogP contribution in [0, 0.1) is 11.3 Å². The highest BCUT2D eigenvalue weighted by Crippen LogP contribution is 2.20. The fraction of sp³-hybridized carbons (Fsp3) is 0.568. The second kappa shape index (κ2) is 28.1. The van der Waals surface area contributed by atoms with Gasteiger partial charge in [0.1, 0.15) is 12.1 Å². The summed E-state index contributed by atoms with van der Waals surface area (Å²) in [5, 5.41) is 47.7. The van der Waals surface area contributed by atoms with Crippen LogP contribution in [-0.4, -0.2) is 180 Å². The van der Waals surface area contributed by atoms with Crippen molar-refractivity contribution in [3.05, 3.63) is 60.2 Å². The number of unbranched alkanes of at least 4 members (excludes halogenated alkanes) is 1. The lowest BCUT2D eigenvalue weighted by atomic mass is 9.99. The van der Waals surface area contributed by atoms with E-state index in [0.717, 1.165) is 29.5 Å². The van der Waals surface area contributed by atoms with Crippen molar-refractivity contribution in [1.82, 2.24) is 40.9 Å². The molecular weight excluding hydrogens is 813 g/mol. The maximum absolute atomic E-state index is 14.3. The maximum Gasteiger partial charge on any atom is 0.317 e. The average Bonchev–Trinajstić information content (AvgIpc) is 3.22. The molecular formula is C44H68N10O9. The van der Waals surface area contributed by atoms with Gasteiger partial charge in [0.05, 0.1) is 26.2 Å². The molecule has 1 aliphatic rings. The van der Waals surface area contributed by atoms with E-state index in [1.54, 1.807) is 19.6 Å². The smallest absolute Gasteiger partial charge is 0.317 e. The van der Waals surface area contributed by atoms with E-state index < -0.39 is 41.8 Å². The zero-order valence-corrected chi connectivity index (χ0v) is 36.7. The average molecular weight is 881 g/mol. The van der Waals surface area contributed by atoms with E-state index >= 15 is 0 Å². The molecule has 3 amide bonds. The number of guanidine groups is 1. The molecule has 0 radical (unpaired) electrons. The zero-order chi connectivity index (χ0) is 46.1. The summed E-state index contributed by atoms with van der Waals surface area (Å²) >= 11 is 0. The van der Waals surface area contributed by atoms with Crippen LogP contribution in [0.25, 0.3) is 11.1 Å². The van der Waals surface area contributed by atoms with Crippen LogP contribution in [0.2, 0.25) is 0 Å². The van der Waals surface area contributed by atoms with Gasteiger partial charge in [-0.15, -0.1) is 0 Å². The fourth-order valence-corrected chi connectivity index (χ4v) is 7.22. The third kappa shape index (κ3) is 21.8. The molecule has 0 saturated carbocycles. The number of hydrogen-bond donors (Lipinski definition) is 9. The van der Waals surface area contributed by atoms with Gasteiger partial charge in [-0.25, -0.2) is 0 Å². The fourth-order valence-electron chi connectivity index (χ4n) is 7.22. The van der Waals surface area contributed by atoms with Gasteiger partial charge < -0.3 is 42.3 Å². The number of nitrogens with zero attached hydrogens (tertiary/aromatic N) is 4. The number of aliphatic carboxylic acids is 3. The summed E-state index contributed by atoms with van der Waals surface area (Å²) in [5.41, 5.74) is 8.17. The lowest BCUT2D eigenvalue weighted by molar-refractivity contribution is -0.140. The molecule has 1 aliphatic heterocycles. The lowest BCUT2D eigenvalue weighted by Gasteiger charge is -2.33. The Kier molecular flexibility index (Phi) is 23.1. The molecule has 1 saturated heterocycles. The predicted molar refractivity (Wildman–Crippen MR) is 239 cm³/mol. The second-order valence-electron chi connectivity index (χ2n) is 16.4. The number of rotatable bonds is 24. The predicted octanol–water partition coefficient (Wildman–Crippen LogP) is 0.547. The number of nitrogens with two attached hydrogens (primary N) is 1. The van der Waals surface area contributed by atoms with Gasteiger partial charge in [-0.2, -0.15) is 0 Å². The van der Waals surface area contributed by atoms with Crippen molar-refractivity contribution in [2.45, 2.75) is 64.5 Å². The number of carbonyl (C=O) groups is 6. The van der Waals surface area contributed by atoms with Gasteiger partial charge in [-0.1, -0.05) is 68.4 Å². The number of benzene rings is 2. The minimum atomic E-state index is -1.10. The van der Waals surface area contributed by atoms with E-state index in [1.807, 2.05) is 54.6 Å². The normalized spacial score (nSPS) is 15.9. The van der Waals surface area contributed by atoms with Gasteiger partial charge in [0.2, 0.25) is 17.7 Å². The molecule has 0 aromatic heterocycles. The molecule has 19 heteroatoms. The van der Waals surface area contributed by atoms with E-state index in [4.69, 9.17) is 11.1 Å². The van der Waals surface area contributed by atoms with E-state index in [9.17, 15) is 44.1 Å². The van der Waals surface area contributed by atoms with Gasteiger partial charge in [0.15, 0.2) is 5.96 Å². The van der Waals surface area contributed by atoms with Crippen LogP contribution in [0.15, 0.2) is 54.6 Å². The third-order valence-corrected chi connectivity index (χ3v) is 10.7. The number of carbonyl (C=O) groups excluding carboxylic acids is 3. The van der Waals surface area contributed by atoms with Crippen LogP contribution < -0.4 is 27.0 Å². The van der Waals surface area contributed by atoms with Crippen molar-refractivity contribution in [2.75, 3.05) is 91.6 Å². The van der Waals surface area contributed by atoms with E-state index in [2.05, 4.69) is 35.1 Å². The first-order valence-corrected chi connectivity index (χ1v) is 21.7. The van der Waals surface area contributed by atoms with Crippen molar-refractivity contribution >= 4 is 41.6 Å².